The van der Waals surface area contributed by atoms with E-state index in [0.717, 1.165) is 27.9 Å². The summed E-state index contributed by atoms with van der Waals surface area (Å²) in [5.74, 6) is -0.0125. The first-order chi connectivity index (χ1) is 17.4. The fourth-order valence-corrected chi connectivity index (χ4v) is 4.05. The summed E-state index contributed by atoms with van der Waals surface area (Å²) in [6.45, 7) is 10.9. The van der Waals surface area contributed by atoms with Crippen molar-refractivity contribution >= 4 is 34.2 Å². The van der Waals surface area contributed by atoms with Crippen LogP contribution in [0.4, 0.5) is 5.69 Å². The first-order valence-corrected chi connectivity index (χ1v) is 12.2. The summed E-state index contributed by atoms with van der Waals surface area (Å²) >= 11 is 0. The molecule has 3 aromatic rings. The lowest BCUT2D eigenvalue weighted by molar-refractivity contribution is -0.115. The topological polar surface area (TPSA) is 72.4 Å². The molecule has 0 saturated heterocycles. The molecular formula is C30H35N3O3. The van der Waals surface area contributed by atoms with E-state index in [1.54, 1.807) is 12.1 Å². The third-order valence-corrected chi connectivity index (χ3v) is 5.93. The summed E-state index contributed by atoms with van der Waals surface area (Å²) in [6.07, 6.45) is 10.4. The summed E-state index contributed by atoms with van der Waals surface area (Å²) in [5, 5.41) is 7.12. The molecule has 1 heterocycles. The Morgan fingerprint density at radius 2 is 1.89 bits per heavy atom. The van der Waals surface area contributed by atoms with E-state index in [-0.39, 0.29) is 18.4 Å². The number of rotatable bonds is 11. The molecule has 188 valence electrons. The van der Waals surface area contributed by atoms with Crippen molar-refractivity contribution in [2.75, 3.05) is 25.5 Å². The summed E-state index contributed by atoms with van der Waals surface area (Å²) in [6, 6.07) is 13.5. The van der Waals surface area contributed by atoms with E-state index in [9.17, 15) is 9.59 Å². The normalized spacial score (nSPS) is 11.9. The van der Waals surface area contributed by atoms with Crippen molar-refractivity contribution in [3.63, 3.8) is 0 Å². The SMILES string of the molecule is C=C/C=C(\C=C/C)n1cc(CCNCC(=O)Nc2ccc(C(C)C)cc2)c2cc(C(=O)OC)ccc21. The van der Waals surface area contributed by atoms with E-state index >= 15 is 0 Å². The van der Waals surface area contributed by atoms with Crippen molar-refractivity contribution in [2.24, 2.45) is 0 Å². The number of amides is 1. The van der Waals surface area contributed by atoms with Gasteiger partial charge in [-0.05, 0) is 79.4 Å². The van der Waals surface area contributed by atoms with Gasteiger partial charge in [-0.25, -0.2) is 4.79 Å². The molecule has 0 aliphatic rings. The standard InChI is InChI=1S/C30H35N3O3/c1-6-8-26(9-7-2)33-20-24(27-18-23(30(35)36-5)12-15-28(27)33)16-17-31-19-29(34)32-25-13-10-22(11-14-25)21(3)4/h6-15,18,20-21,31H,1,16-17,19H2,2-5H3,(H,32,34)/b9-7-,26-8+. The number of methoxy groups -OCH3 is 1. The van der Waals surface area contributed by atoms with Gasteiger partial charge in [-0.1, -0.05) is 44.7 Å². The van der Waals surface area contributed by atoms with Crippen LogP contribution in [-0.4, -0.2) is 36.6 Å². The summed E-state index contributed by atoms with van der Waals surface area (Å²) in [7, 11) is 1.38. The quantitative estimate of drug-likeness (QED) is 0.201. The van der Waals surface area contributed by atoms with Crippen LogP contribution in [0.1, 0.15) is 48.2 Å². The van der Waals surface area contributed by atoms with Crippen LogP contribution in [-0.2, 0) is 16.0 Å². The van der Waals surface area contributed by atoms with Crippen molar-refractivity contribution in [3.8, 4) is 0 Å². The predicted molar refractivity (Wildman–Crippen MR) is 148 cm³/mol. The Kier molecular flexibility index (Phi) is 9.42. The highest BCUT2D eigenvalue weighted by atomic mass is 16.5. The fourth-order valence-electron chi connectivity index (χ4n) is 4.05. The minimum absolute atomic E-state index is 0.0908. The van der Waals surface area contributed by atoms with Crippen LogP contribution in [0.25, 0.3) is 16.6 Å². The van der Waals surface area contributed by atoms with Crippen LogP contribution in [0, 0.1) is 0 Å². The van der Waals surface area contributed by atoms with E-state index in [1.165, 1.54) is 12.7 Å². The predicted octanol–water partition coefficient (Wildman–Crippen LogP) is 5.93. The minimum Gasteiger partial charge on any atom is -0.465 e. The summed E-state index contributed by atoms with van der Waals surface area (Å²) in [4.78, 5) is 24.5. The molecule has 0 saturated carbocycles. The second kappa shape index (κ2) is 12.7. The average Bonchev–Trinajstić information content (AvgIpc) is 3.24. The molecule has 3 rings (SSSR count). The van der Waals surface area contributed by atoms with Crippen LogP contribution in [0.5, 0.6) is 0 Å². The number of carbonyl (C=O) groups excluding carboxylic acids is 2. The van der Waals surface area contributed by atoms with Crippen LogP contribution in [0.15, 0.2) is 79.5 Å². The molecule has 2 aromatic carbocycles. The second-order valence-electron chi connectivity index (χ2n) is 8.83. The Bertz CT molecular complexity index is 1280. The van der Waals surface area contributed by atoms with Gasteiger partial charge in [0.2, 0.25) is 5.91 Å². The number of nitrogens with one attached hydrogen (secondary N) is 2. The lowest BCUT2D eigenvalue weighted by atomic mass is 10.0. The van der Waals surface area contributed by atoms with Crippen molar-refractivity contribution in [1.82, 2.24) is 9.88 Å². The maximum absolute atomic E-state index is 12.4. The average molecular weight is 486 g/mol. The van der Waals surface area contributed by atoms with Crippen LogP contribution < -0.4 is 10.6 Å². The Labute approximate surface area is 213 Å². The summed E-state index contributed by atoms with van der Waals surface area (Å²) in [5.41, 5.74) is 5.53. The van der Waals surface area contributed by atoms with Gasteiger partial charge in [-0.2, -0.15) is 0 Å². The number of hydrogen-bond acceptors (Lipinski definition) is 4. The number of carbonyl (C=O) groups is 2. The number of ether oxygens (including phenoxy) is 1. The molecule has 0 spiro atoms. The maximum Gasteiger partial charge on any atom is 0.337 e. The third-order valence-electron chi connectivity index (χ3n) is 5.93. The van der Waals surface area contributed by atoms with Gasteiger partial charge in [-0.15, -0.1) is 0 Å². The van der Waals surface area contributed by atoms with Crippen molar-refractivity contribution in [2.45, 2.75) is 33.1 Å². The monoisotopic (exact) mass is 485 g/mol. The molecule has 1 amide bonds. The molecule has 1 aromatic heterocycles. The molecule has 0 bridgehead atoms. The number of aromatic nitrogens is 1. The van der Waals surface area contributed by atoms with Gasteiger partial charge in [0, 0.05) is 23.0 Å². The van der Waals surface area contributed by atoms with Gasteiger partial charge in [-0.3, -0.25) is 4.79 Å². The smallest absolute Gasteiger partial charge is 0.337 e. The van der Waals surface area contributed by atoms with E-state index in [0.29, 0.717) is 24.4 Å². The summed E-state index contributed by atoms with van der Waals surface area (Å²) < 4.78 is 6.99. The Morgan fingerprint density at radius 3 is 2.53 bits per heavy atom. The molecule has 6 nitrogen and oxygen atoms in total. The number of anilines is 1. The van der Waals surface area contributed by atoms with E-state index in [4.69, 9.17) is 4.74 Å². The van der Waals surface area contributed by atoms with E-state index in [2.05, 4.69) is 41.8 Å². The van der Waals surface area contributed by atoms with E-state index < -0.39 is 0 Å². The number of benzene rings is 2. The fraction of sp³-hybridized carbons (Fsp3) is 0.267. The van der Waals surface area contributed by atoms with Gasteiger partial charge in [0.15, 0.2) is 0 Å². The van der Waals surface area contributed by atoms with Gasteiger partial charge in [0.1, 0.15) is 0 Å². The van der Waals surface area contributed by atoms with Crippen LogP contribution in [0.3, 0.4) is 0 Å². The van der Waals surface area contributed by atoms with E-state index in [1.807, 2.05) is 61.5 Å². The molecule has 2 N–H and O–H groups in total. The lowest BCUT2D eigenvalue weighted by Gasteiger charge is -2.09. The Hall–Kier alpha value is -3.90. The third kappa shape index (κ3) is 6.61. The second-order valence-corrected chi connectivity index (χ2v) is 8.83. The number of esters is 1. The van der Waals surface area contributed by atoms with Crippen molar-refractivity contribution in [3.05, 3.63) is 96.2 Å². The van der Waals surface area contributed by atoms with Crippen LogP contribution >= 0.6 is 0 Å². The molecule has 0 unspecified atom stereocenters. The first kappa shape index (κ1) is 26.7. The number of hydrogen-bond donors (Lipinski definition) is 2. The van der Waals surface area contributed by atoms with Crippen molar-refractivity contribution < 1.29 is 14.3 Å². The minimum atomic E-state index is -0.373. The number of allylic oxidation sites excluding steroid dienone is 5. The molecule has 0 aliphatic carbocycles. The zero-order valence-electron chi connectivity index (χ0n) is 21.5. The van der Waals surface area contributed by atoms with Crippen LogP contribution in [0.2, 0.25) is 0 Å². The Balaban J connectivity index is 1.72. The maximum atomic E-state index is 12.4. The molecule has 0 radical (unpaired) electrons. The van der Waals surface area contributed by atoms with Gasteiger partial charge >= 0.3 is 5.97 Å². The lowest BCUT2D eigenvalue weighted by Crippen LogP contribution is -2.29. The molecule has 0 aliphatic heterocycles. The van der Waals surface area contributed by atoms with Crippen molar-refractivity contribution in [1.29, 1.82) is 0 Å². The zero-order valence-corrected chi connectivity index (χ0v) is 21.5. The highest BCUT2D eigenvalue weighted by molar-refractivity contribution is 5.97. The number of nitrogens with zero attached hydrogens (tertiary/aromatic N) is 1. The van der Waals surface area contributed by atoms with Gasteiger partial charge < -0.3 is 19.9 Å². The largest absolute Gasteiger partial charge is 0.465 e. The molecule has 0 atom stereocenters. The van der Waals surface area contributed by atoms with Gasteiger partial charge in [0.25, 0.3) is 0 Å². The molecular weight excluding hydrogens is 450 g/mol. The van der Waals surface area contributed by atoms with Gasteiger partial charge in [0.05, 0.1) is 24.7 Å². The zero-order chi connectivity index (χ0) is 26.1. The Morgan fingerprint density at radius 1 is 1.14 bits per heavy atom. The number of fused-ring (bicyclic) bond motifs is 1. The molecule has 0 fully saturated rings. The molecule has 6 heteroatoms. The first-order valence-electron chi connectivity index (χ1n) is 12.2. The highest BCUT2D eigenvalue weighted by Crippen LogP contribution is 2.27. The highest BCUT2D eigenvalue weighted by Gasteiger charge is 2.14. The molecule has 36 heavy (non-hydrogen) atoms.